The van der Waals surface area contributed by atoms with Crippen molar-refractivity contribution in [3.05, 3.63) is 47.5 Å². The van der Waals surface area contributed by atoms with Gasteiger partial charge in [0.25, 0.3) is 0 Å². The Bertz CT molecular complexity index is 407. The second-order valence-electron chi connectivity index (χ2n) is 3.79. The highest BCUT2D eigenvalue weighted by Gasteiger charge is 1.99. The van der Waals surface area contributed by atoms with E-state index < -0.39 is 0 Å². The Kier molecular flexibility index (Phi) is 6.46. The van der Waals surface area contributed by atoms with E-state index in [1.54, 1.807) is 0 Å². The Labute approximate surface area is 108 Å². The Morgan fingerprint density at radius 2 is 2.35 bits per heavy atom. The fourth-order valence-electron chi connectivity index (χ4n) is 1.50. The third kappa shape index (κ3) is 5.08. The molecule has 0 saturated heterocycles. The molecule has 0 fully saturated rings. The van der Waals surface area contributed by atoms with Crippen molar-refractivity contribution in [1.82, 2.24) is 5.32 Å². The van der Waals surface area contributed by atoms with Gasteiger partial charge in [-0.05, 0) is 30.2 Å². The maximum Gasteiger partial charge on any atom is 0.0991 e. The first kappa shape index (κ1) is 13.8. The SMILES string of the molecule is C=CCSCCNCc1ccc(C#N)cc1C. The van der Waals surface area contributed by atoms with E-state index >= 15 is 0 Å². The molecule has 0 unspecified atom stereocenters. The van der Waals surface area contributed by atoms with Crippen molar-refractivity contribution < 1.29 is 0 Å². The lowest BCUT2D eigenvalue weighted by molar-refractivity contribution is 0.729. The van der Waals surface area contributed by atoms with E-state index in [9.17, 15) is 0 Å². The minimum atomic E-state index is 0.729. The molecular formula is C14H18N2S. The number of nitriles is 1. The van der Waals surface area contributed by atoms with Crippen molar-refractivity contribution in [2.45, 2.75) is 13.5 Å². The second kappa shape index (κ2) is 7.94. The lowest BCUT2D eigenvalue weighted by atomic mass is 10.1. The monoisotopic (exact) mass is 246 g/mol. The Morgan fingerprint density at radius 1 is 1.53 bits per heavy atom. The third-order valence-corrected chi connectivity index (χ3v) is 3.41. The molecule has 0 radical (unpaired) electrons. The van der Waals surface area contributed by atoms with Crippen LogP contribution in [0.5, 0.6) is 0 Å². The van der Waals surface area contributed by atoms with E-state index in [-0.39, 0.29) is 0 Å². The predicted molar refractivity (Wildman–Crippen MR) is 75.1 cm³/mol. The number of rotatable bonds is 7. The zero-order valence-electron chi connectivity index (χ0n) is 10.2. The molecule has 1 N–H and O–H groups in total. The van der Waals surface area contributed by atoms with Crippen LogP contribution in [0.1, 0.15) is 16.7 Å². The first-order chi connectivity index (χ1) is 8.27. The number of hydrogen-bond acceptors (Lipinski definition) is 3. The van der Waals surface area contributed by atoms with Gasteiger partial charge in [-0.3, -0.25) is 0 Å². The summed E-state index contributed by atoms with van der Waals surface area (Å²) in [6.07, 6.45) is 1.93. The minimum absolute atomic E-state index is 0.729. The van der Waals surface area contributed by atoms with Crippen LogP contribution >= 0.6 is 11.8 Å². The molecular weight excluding hydrogens is 228 g/mol. The highest BCUT2D eigenvalue weighted by atomic mass is 32.2. The molecule has 0 aliphatic rings. The molecule has 0 aromatic heterocycles. The van der Waals surface area contributed by atoms with Gasteiger partial charge in [0, 0.05) is 24.6 Å². The maximum absolute atomic E-state index is 8.77. The maximum atomic E-state index is 8.77. The summed E-state index contributed by atoms with van der Waals surface area (Å²) < 4.78 is 0. The summed E-state index contributed by atoms with van der Waals surface area (Å²) >= 11 is 1.88. The molecule has 1 aromatic carbocycles. The van der Waals surface area contributed by atoms with Gasteiger partial charge in [-0.25, -0.2) is 0 Å². The van der Waals surface area contributed by atoms with Gasteiger partial charge >= 0.3 is 0 Å². The fraction of sp³-hybridized carbons (Fsp3) is 0.357. The summed E-state index contributed by atoms with van der Waals surface area (Å²) in [6.45, 7) is 7.60. The van der Waals surface area contributed by atoms with Crippen LogP contribution in [0.3, 0.4) is 0 Å². The highest BCUT2D eigenvalue weighted by Crippen LogP contribution is 2.10. The van der Waals surface area contributed by atoms with Gasteiger partial charge in [0.15, 0.2) is 0 Å². The Hall–Kier alpha value is -1.24. The molecule has 2 nitrogen and oxygen atoms in total. The van der Waals surface area contributed by atoms with Crippen molar-refractivity contribution in [3.8, 4) is 6.07 Å². The molecule has 3 heteroatoms. The summed E-state index contributed by atoms with van der Waals surface area (Å²) in [6, 6.07) is 7.98. The van der Waals surface area contributed by atoms with E-state index in [0.29, 0.717) is 0 Å². The van der Waals surface area contributed by atoms with Crippen LogP contribution in [0.25, 0.3) is 0 Å². The van der Waals surface area contributed by atoms with Crippen LogP contribution in [0.2, 0.25) is 0 Å². The molecule has 90 valence electrons. The first-order valence-corrected chi connectivity index (χ1v) is 6.82. The second-order valence-corrected chi connectivity index (χ2v) is 4.94. The molecule has 0 atom stereocenters. The zero-order valence-corrected chi connectivity index (χ0v) is 11.0. The zero-order chi connectivity index (χ0) is 12.5. The Morgan fingerprint density at radius 3 is 3.00 bits per heavy atom. The van der Waals surface area contributed by atoms with Gasteiger partial charge in [-0.15, -0.1) is 6.58 Å². The molecule has 0 aliphatic carbocycles. The average molecular weight is 246 g/mol. The topological polar surface area (TPSA) is 35.8 Å². The van der Waals surface area contributed by atoms with E-state index in [4.69, 9.17) is 5.26 Å². The smallest absolute Gasteiger partial charge is 0.0991 e. The van der Waals surface area contributed by atoms with E-state index in [1.807, 2.05) is 43.0 Å². The summed E-state index contributed by atoms with van der Waals surface area (Å²) in [4.78, 5) is 0. The third-order valence-electron chi connectivity index (χ3n) is 2.45. The lowest BCUT2D eigenvalue weighted by Gasteiger charge is -2.07. The van der Waals surface area contributed by atoms with Gasteiger partial charge in [0.05, 0.1) is 11.6 Å². The van der Waals surface area contributed by atoms with Crippen LogP contribution < -0.4 is 5.32 Å². The van der Waals surface area contributed by atoms with Gasteiger partial charge in [0.1, 0.15) is 0 Å². The first-order valence-electron chi connectivity index (χ1n) is 5.67. The van der Waals surface area contributed by atoms with E-state index in [0.717, 1.165) is 30.2 Å². The minimum Gasteiger partial charge on any atom is -0.312 e. The number of benzene rings is 1. The number of aryl methyl sites for hydroxylation is 1. The summed E-state index contributed by atoms with van der Waals surface area (Å²) in [7, 11) is 0. The van der Waals surface area contributed by atoms with Gasteiger partial charge < -0.3 is 5.32 Å². The lowest BCUT2D eigenvalue weighted by Crippen LogP contribution is -2.17. The molecule has 0 bridgehead atoms. The molecule has 0 amide bonds. The quantitative estimate of drug-likeness (QED) is 0.593. The molecule has 1 aromatic rings. The Balaban J connectivity index is 2.32. The van der Waals surface area contributed by atoms with Crippen LogP contribution in [0.4, 0.5) is 0 Å². The van der Waals surface area contributed by atoms with Crippen LogP contribution in [0, 0.1) is 18.3 Å². The standard InChI is InChI=1S/C14H18N2S/c1-3-7-17-8-6-16-11-14-5-4-13(10-15)9-12(14)2/h3-5,9,16H,1,6-8,11H2,2H3. The van der Waals surface area contributed by atoms with E-state index in [1.165, 1.54) is 11.1 Å². The van der Waals surface area contributed by atoms with Crippen molar-refractivity contribution in [2.24, 2.45) is 0 Å². The fourth-order valence-corrected chi connectivity index (χ4v) is 2.12. The van der Waals surface area contributed by atoms with Crippen molar-refractivity contribution in [2.75, 3.05) is 18.1 Å². The average Bonchev–Trinajstić information content (AvgIpc) is 2.35. The predicted octanol–water partition coefficient (Wildman–Crippen LogP) is 2.88. The number of nitrogens with one attached hydrogen (secondary N) is 1. The molecule has 0 heterocycles. The number of hydrogen-bond donors (Lipinski definition) is 1. The molecule has 17 heavy (non-hydrogen) atoms. The highest BCUT2D eigenvalue weighted by molar-refractivity contribution is 7.99. The van der Waals surface area contributed by atoms with Gasteiger partial charge in [-0.1, -0.05) is 12.1 Å². The summed E-state index contributed by atoms with van der Waals surface area (Å²) in [5, 5.41) is 12.2. The van der Waals surface area contributed by atoms with Crippen LogP contribution in [-0.4, -0.2) is 18.1 Å². The number of nitrogens with zero attached hydrogens (tertiary/aromatic N) is 1. The number of thioether (sulfide) groups is 1. The molecule has 0 aliphatic heterocycles. The van der Waals surface area contributed by atoms with Crippen molar-refractivity contribution in [3.63, 3.8) is 0 Å². The van der Waals surface area contributed by atoms with Crippen LogP contribution in [0.15, 0.2) is 30.9 Å². The van der Waals surface area contributed by atoms with Gasteiger partial charge in [0.2, 0.25) is 0 Å². The van der Waals surface area contributed by atoms with Crippen LogP contribution in [-0.2, 0) is 6.54 Å². The molecule has 0 spiro atoms. The summed E-state index contributed by atoms with van der Waals surface area (Å²) in [5.41, 5.74) is 3.17. The normalized spacial score (nSPS) is 9.88. The van der Waals surface area contributed by atoms with Crippen molar-refractivity contribution in [1.29, 1.82) is 5.26 Å². The van der Waals surface area contributed by atoms with Crippen molar-refractivity contribution >= 4 is 11.8 Å². The molecule has 0 saturated carbocycles. The van der Waals surface area contributed by atoms with E-state index in [2.05, 4.69) is 18.0 Å². The summed E-state index contributed by atoms with van der Waals surface area (Å²) in [5.74, 6) is 2.11. The molecule has 1 rings (SSSR count). The largest absolute Gasteiger partial charge is 0.312 e. The van der Waals surface area contributed by atoms with Gasteiger partial charge in [-0.2, -0.15) is 17.0 Å².